The molecular weight excluding hydrogens is 312 g/mol. The molecule has 1 amide bonds. The molecule has 1 N–H and O–H groups in total. The number of carbonyl (C=O) groups is 1. The third kappa shape index (κ3) is 3.31. The van der Waals surface area contributed by atoms with Gasteiger partial charge < -0.3 is 9.88 Å². The molecule has 0 saturated heterocycles. The molecule has 25 heavy (non-hydrogen) atoms. The summed E-state index contributed by atoms with van der Waals surface area (Å²) >= 11 is 0. The van der Waals surface area contributed by atoms with Gasteiger partial charge in [-0.2, -0.15) is 0 Å². The van der Waals surface area contributed by atoms with E-state index in [1.54, 1.807) is 12.4 Å². The maximum Gasteiger partial charge on any atom is 0.223 e. The van der Waals surface area contributed by atoms with E-state index in [9.17, 15) is 4.79 Å². The molecule has 0 radical (unpaired) electrons. The molecular formula is C20H20N4O. The lowest BCUT2D eigenvalue weighted by atomic mass is 9.95. The summed E-state index contributed by atoms with van der Waals surface area (Å²) < 4.78 is 2.24. The first-order chi connectivity index (χ1) is 12.3. The number of fused-ring (bicyclic) bond motifs is 1. The molecule has 3 aromatic rings. The van der Waals surface area contributed by atoms with Crippen LogP contribution in [-0.4, -0.2) is 20.4 Å². The molecule has 1 aromatic carbocycles. The Morgan fingerprint density at radius 2 is 2.04 bits per heavy atom. The van der Waals surface area contributed by atoms with Gasteiger partial charge in [-0.25, -0.2) is 4.98 Å². The molecule has 0 fully saturated rings. The van der Waals surface area contributed by atoms with Gasteiger partial charge in [0, 0.05) is 55.3 Å². The fraction of sp³-hybridized carbons (Fsp3) is 0.250. The van der Waals surface area contributed by atoms with Gasteiger partial charge in [-0.3, -0.25) is 9.78 Å². The monoisotopic (exact) mass is 332 g/mol. The second-order valence-corrected chi connectivity index (χ2v) is 6.36. The molecule has 1 unspecified atom stereocenters. The number of aromatic nitrogens is 3. The van der Waals surface area contributed by atoms with Crippen LogP contribution in [0.2, 0.25) is 0 Å². The molecule has 5 nitrogen and oxygen atoms in total. The molecule has 0 spiro atoms. The van der Waals surface area contributed by atoms with Crippen LogP contribution in [0.5, 0.6) is 0 Å². The summed E-state index contributed by atoms with van der Waals surface area (Å²) in [5.41, 5.74) is 3.27. The van der Waals surface area contributed by atoms with E-state index < -0.39 is 0 Å². The number of nitrogens with one attached hydrogen (secondary N) is 1. The number of nitrogens with zero attached hydrogens (tertiary/aromatic N) is 3. The molecule has 4 rings (SSSR count). The highest BCUT2D eigenvalue weighted by molar-refractivity contribution is 5.79. The van der Waals surface area contributed by atoms with Crippen molar-refractivity contribution < 1.29 is 4.79 Å². The number of imidazole rings is 1. The van der Waals surface area contributed by atoms with Gasteiger partial charge in [0.15, 0.2) is 0 Å². The zero-order valence-electron chi connectivity index (χ0n) is 13.9. The van der Waals surface area contributed by atoms with E-state index in [-0.39, 0.29) is 11.8 Å². The van der Waals surface area contributed by atoms with Crippen molar-refractivity contribution in [2.24, 2.45) is 5.92 Å². The van der Waals surface area contributed by atoms with Crippen molar-refractivity contribution in [2.45, 2.75) is 25.9 Å². The normalized spacial score (nSPS) is 16.2. The topological polar surface area (TPSA) is 59.8 Å². The van der Waals surface area contributed by atoms with E-state index in [4.69, 9.17) is 0 Å². The summed E-state index contributed by atoms with van der Waals surface area (Å²) in [6.07, 6.45) is 6.99. The fourth-order valence-corrected chi connectivity index (χ4v) is 3.34. The number of carbonyl (C=O) groups excluding carboxylic acids is 1. The fourth-order valence-electron chi connectivity index (χ4n) is 3.34. The van der Waals surface area contributed by atoms with E-state index >= 15 is 0 Å². The van der Waals surface area contributed by atoms with Gasteiger partial charge in [0.1, 0.15) is 5.82 Å². The van der Waals surface area contributed by atoms with Crippen LogP contribution in [0.15, 0.2) is 61.1 Å². The minimum absolute atomic E-state index is 0.00416. The minimum atomic E-state index is 0.00416. The summed E-state index contributed by atoms with van der Waals surface area (Å²) in [5.74, 6) is 1.10. The number of hydrogen-bond donors (Lipinski definition) is 1. The summed E-state index contributed by atoms with van der Waals surface area (Å²) in [5, 5.41) is 3.03. The van der Waals surface area contributed by atoms with E-state index in [1.807, 2.05) is 36.5 Å². The lowest BCUT2D eigenvalue weighted by Gasteiger charge is -2.24. The first-order valence-electron chi connectivity index (χ1n) is 8.57. The number of hydrogen-bond acceptors (Lipinski definition) is 3. The lowest BCUT2D eigenvalue weighted by Crippen LogP contribution is -2.35. The highest BCUT2D eigenvalue weighted by Gasteiger charge is 2.26. The van der Waals surface area contributed by atoms with Crippen molar-refractivity contribution in [3.8, 4) is 11.4 Å². The predicted octanol–water partition coefficient (Wildman–Crippen LogP) is 2.82. The molecule has 0 bridgehead atoms. The Morgan fingerprint density at radius 1 is 1.16 bits per heavy atom. The lowest BCUT2D eigenvalue weighted by molar-refractivity contribution is -0.125. The van der Waals surface area contributed by atoms with Gasteiger partial charge in [-0.1, -0.05) is 36.4 Å². The Labute approximate surface area is 146 Å². The highest BCUT2D eigenvalue weighted by atomic mass is 16.1. The molecule has 0 saturated carbocycles. The molecule has 126 valence electrons. The Hall–Kier alpha value is -2.95. The maximum absolute atomic E-state index is 12.5. The van der Waals surface area contributed by atoms with Crippen molar-refractivity contribution in [3.63, 3.8) is 0 Å². The highest BCUT2D eigenvalue weighted by Crippen LogP contribution is 2.27. The zero-order chi connectivity index (χ0) is 17.1. The number of amides is 1. The number of benzene rings is 1. The van der Waals surface area contributed by atoms with Crippen molar-refractivity contribution in [3.05, 3.63) is 72.3 Å². The van der Waals surface area contributed by atoms with Gasteiger partial charge >= 0.3 is 0 Å². The van der Waals surface area contributed by atoms with Gasteiger partial charge in [0.25, 0.3) is 0 Å². The quantitative estimate of drug-likeness (QED) is 0.799. The Kier molecular flexibility index (Phi) is 4.29. The summed E-state index contributed by atoms with van der Waals surface area (Å²) in [6, 6.07) is 14.0. The second-order valence-electron chi connectivity index (χ2n) is 6.36. The number of pyridine rings is 1. The zero-order valence-corrected chi connectivity index (χ0v) is 13.9. The smallest absolute Gasteiger partial charge is 0.223 e. The molecule has 1 aliphatic heterocycles. The van der Waals surface area contributed by atoms with Crippen LogP contribution in [-0.2, 0) is 24.3 Å². The van der Waals surface area contributed by atoms with E-state index in [2.05, 4.69) is 32.0 Å². The van der Waals surface area contributed by atoms with Crippen molar-refractivity contribution in [2.75, 3.05) is 0 Å². The predicted molar refractivity (Wildman–Crippen MR) is 95.6 cm³/mol. The molecule has 0 aliphatic carbocycles. The van der Waals surface area contributed by atoms with E-state index in [1.165, 1.54) is 0 Å². The van der Waals surface area contributed by atoms with E-state index in [0.29, 0.717) is 6.54 Å². The average Bonchev–Trinajstić information content (AvgIpc) is 3.11. The maximum atomic E-state index is 12.5. The van der Waals surface area contributed by atoms with Crippen LogP contribution < -0.4 is 5.32 Å². The summed E-state index contributed by atoms with van der Waals surface area (Å²) in [4.78, 5) is 21.1. The Balaban J connectivity index is 1.43. The molecule has 1 aliphatic rings. The molecule has 2 aromatic heterocycles. The van der Waals surface area contributed by atoms with Crippen molar-refractivity contribution in [1.29, 1.82) is 0 Å². The van der Waals surface area contributed by atoms with Gasteiger partial charge in [-0.15, -0.1) is 0 Å². The third-order valence-electron chi connectivity index (χ3n) is 4.69. The van der Waals surface area contributed by atoms with Crippen LogP contribution >= 0.6 is 0 Å². The SMILES string of the molecule is O=C(NCc1cccnc1)C1CCn2c(cnc2-c2ccccc2)C1. The van der Waals surface area contributed by atoms with Crippen LogP contribution in [0.1, 0.15) is 17.7 Å². The van der Waals surface area contributed by atoms with Crippen LogP contribution in [0.3, 0.4) is 0 Å². The van der Waals surface area contributed by atoms with E-state index in [0.717, 1.165) is 42.0 Å². The van der Waals surface area contributed by atoms with Gasteiger partial charge in [0.2, 0.25) is 5.91 Å². The van der Waals surface area contributed by atoms with Crippen LogP contribution in [0.4, 0.5) is 0 Å². The van der Waals surface area contributed by atoms with Gasteiger partial charge in [-0.05, 0) is 18.1 Å². The third-order valence-corrected chi connectivity index (χ3v) is 4.69. The first kappa shape index (κ1) is 15.6. The summed E-state index contributed by atoms with van der Waals surface area (Å²) in [7, 11) is 0. The Bertz CT molecular complexity index is 858. The first-order valence-corrected chi connectivity index (χ1v) is 8.57. The number of rotatable bonds is 4. The van der Waals surface area contributed by atoms with Crippen LogP contribution in [0, 0.1) is 5.92 Å². The minimum Gasteiger partial charge on any atom is -0.352 e. The van der Waals surface area contributed by atoms with Gasteiger partial charge in [0.05, 0.1) is 0 Å². The second kappa shape index (κ2) is 6.89. The molecule has 1 atom stereocenters. The average molecular weight is 332 g/mol. The largest absolute Gasteiger partial charge is 0.352 e. The summed E-state index contributed by atoms with van der Waals surface area (Å²) in [6.45, 7) is 1.35. The molecule has 3 heterocycles. The molecule has 5 heteroatoms. The van der Waals surface area contributed by atoms with Crippen LogP contribution in [0.25, 0.3) is 11.4 Å². The van der Waals surface area contributed by atoms with Crippen molar-refractivity contribution in [1.82, 2.24) is 19.9 Å². The Morgan fingerprint density at radius 3 is 2.84 bits per heavy atom. The van der Waals surface area contributed by atoms with Crippen molar-refractivity contribution >= 4 is 5.91 Å². The standard InChI is InChI=1S/C20H20N4O/c25-20(23-13-15-5-4-9-21-12-15)17-8-10-24-18(11-17)14-22-19(24)16-6-2-1-3-7-16/h1-7,9,12,14,17H,8,10-11,13H2,(H,23,25).